The Morgan fingerprint density at radius 1 is 1.24 bits per heavy atom. The smallest absolute Gasteiger partial charge is 0.0906 e. The number of nitrogens with zero attached hydrogens (tertiary/aromatic N) is 1. The number of rotatable bonds is 1. The summed E-state index contributed by atoms with van der Waals surface area (Å²) in [5.74, 6) is 0.737. The number of ether oxygens (including phenoxy) is 1. The van der Waals surface area contributed by atoms with Crippen molar-refractivity contribution < 1.29 is 9.84 Å². The van der Waals surface area contributed by atoms with Crippen LogP contribution in [0.5, 0.6) is 0 Å². The second-order valence-corrected chi connectivity index (χ2v) is 6.02. The van der Waals surface area contributed by atoms with Crippen molar-refractivity contribution in [3.05, 3.63) is 0 Å². The summed E-state index contributed by atoms with van der Waals surface area (Å²) in [6, 6.07) is 2.45. The molecule has 0 aromatic heterocycles. The van der Waals surface area contributed by atoms with Crippen LogP contribution in [0.4, 0.5) is 0 Å². The summed E-state index contributed by atoms with van der Waals surface area (Å²) < 4.78 is 5.36. The van der Waals surface area contributed by atoms with Gasteiger partial charge in [0, 0.05) is 13.2 Å². The minimum atomic E-state index is -0.816. The predicted molar refractivity (Wildman–Crippen MR) is 65.2 cm³/mol. The first-order chi connectivity index (χ1) is 8.04. The van der Waals surface area contributed by atoms with Gasteiger partial charge in [0.1, 0.15) is 0 Å². The maximum absolute atomic E-state index is 11.1. The van der Waals surface area contributed by atoms with Crippen molar-refractivity contribution in [1.82, 2.24) is 0 Å². The van der Waals surface area contributed by atoms with Crippen molar-refractivity contribution in [1.29, 1.82) is 5.26 Å². The number of nitriles is 1. The number of aliphatic hydroxyl groups is 1. The van der Waals surface area contributed by atoms with Crippen molar-refractivity contribution in [3.8, 4) is 6.07 Å². The van der Waals surface area contributed by atoms with Crippen molar-refractivity contribution in [2.45, 2.75) is 51.6 Å². The van der Waals surface area contributed by atoms with E-state index in [4.69, 9.17) is 4.74 Å². The Labute approximate surface area is 104 Å². The minimum Gasteiger partial charge on any atom is -0.388 e. The molecule has 1 aliphatic carbocycles. The lowest BCUT2D eigenvalue weighted by molar-refractivity contribution is -0.159. The quantitative estimate of drug-likeness (QED) is 0.762. The van der Waals surface area contributed by atoms with Gasteiger partial charge in [-0.3, -0.25) is 0 Å². The fourth-order valence-corrected chi connectivity index (χ4v) is 3.64. The van der Waals surface area contributed by atoms with Gasteiger partial charge in [-0.2, -0.15) is 5.26 Å². The van der Waals surface area contributed by atoms with E-state index in [9.17, 15) is 10.4 Å². The van der Waals surface area contributed by atoms with E-state index in [0.717, 1.165) is 12.8 Å². The molecule has 1 N–H and O–H groups in total. The summed E-state index contributed by atoms with van der Waals surface area (Å²) in [5.41, 5.74) is -1.40. The average Bonchev–Trinajstić information content (AvgIpc) is 2.35. The topological polar surface area (TPSA) is 53.2 Å². The summed E-state index contributed by atoms with van der Waals surface area (Å²) in [6.07, 6.45) is 4.32. The molecule has 0 bridgehead atoms. The van der Waals surface area contributed by atoms with E-state index in [-0.39, 0.29) is 5.92 Å². The van der Waals surface area contributed by atoms with Gasteiger partial charge in [-0.05, 0) is 37.5 Å². The molecule has 1 saturated carbocycles. The van der Waals surface area contributed by atoms with E-state index >= 15 is 0 Å². The molecule has 0 amide bonds. The second kappa shape index (κ2) is 4.59. The molecule has 3 atom stereocenters. The van der Waals surface area contributed by atoms with Gasteiger partial charge in [-0.1, -0.05) is 20.3 Å². The van der Waals surface area contributed by atoms with Crippen LogP contribution in [-0.2, 0) is 4.74 Å². The normalized spacial score (nSPS) is 41.8. The second-order valence-electron chi connectivity index (χ2n) is 6.02. The Morgan fingerprint density at radius 3 is 2.47 bits per heavy atom. The third-order valence-corrected chi connectivity index (χ3v) is 4.96. The molecule has 96 valence electrons. The predicted octanol–water partition coefficient (Wildman–Crippen LogP) is 2.49. The van der Waals surface area contributed by atoms with Crippen LogP contribution in [0.1, 0.15) is 46.0 Å². The molecule has 3 nitrogen and oxygen atoms in total. The van der Waals surface area contributed by atoms with Gasteiger partial charge >= 0.3 is 0 Å². The Balaban J connectivity index is 2.30. The summed E-state index contributed by atoms with van der Waals surface area (Å²) in [7, 11) is 0. The first-order valence-electron chi connectivity index (χ1n) is 6.75. The molecule has 1 heterocycles. The van der Waals surface area contributed by atoms with Crippen LogP contribution in [0, 0.1) is 28.6 Å². The van der Waals surface area contributed by atoms with Crippen LogP contribution in [-0.4, -0.2) is 23.9 Å². The van der Waals surface area contributed by atoms with Crippen LogP contribution in [0.2, 0.25) is 0 Å². The maximum Gasteiger partial charge on any atom is 0.0906 e. The summed E-state index contributed by atoms with van der Waals surface area (Å²) >= 11 is 0. The van der Waals surface area contributed by atoms with E-state index in [1.807, 2.05) is 0 Å². The average molecular weight is 237 g/mol. The zero-order chi connectivity index (χ0) is 12.5. The molecule has 1 aliphatic heterocycles. The summed E-state index contributed by atoms with van der Waals surface area (Å²) in [4.78, 5) is 0. The van der Waals surface area contributed by atoms with Gasteiger partial charge in [-0.25, -0.2) is 0 Å². The molecule has 0 aromatic carbocycles. The maximum atomic E-state index is 11.1. The fourth-order valence-electron chi connectivity index (χ4n) is 3.64. The Hall–Kier alpha value is -0.590. The van der Waals surface area contributed by atoms with Crippen LogP contribution in [0.15, 0.2) is 0 Å². The molecule has 3 unspecified atom stereocenters. The van der Waals surface area contributed by atoms with Gasteiger partial charge in [0.25, 0.3) is 0 Å². The largest absolute Gasteiger partial charge is 0.388 e. The lowest BCUT2D eigenvalue weighted by Gasteiger charge is -2.51. The Kier molecular flexibility index (Phi) is 3.47. The van der Waals surface area contributed by atoms with Gasteiger partial charge in [0.2, 0.25) is 0 Å². The molecule has 2 aliphatic rings. The van der Waals surface area contributed by atoms with Crippen LogP contribution < -0.4 is 0 Å². The highest BCUT2D eigenvalue weighted by molar-refractivity contribution is 5.15. The SMILES string of the molecule is CC1CCC(C)C(O)(C2(C#N)CCOCC2)C1. The van der Waals surface area contributed by atoms with E-state index in [1.54, 1.807) is 0 Å². The first-order valence-corrected chi connectivity index (χ1v) is 6.75. The molecule has 0 aromatic rings. The standard InChI is InChI=1S/C14H23NO2/c1-11-3-4-12(2)14(16,9-11)13(10-15)5-7-17-8-6-13/h11-12,16H,3-9H2,1-2H3. The lowest BCUT2D eigenvalue weighted by Crippen LogP contribution is -2.57. The first kappa shape index (κ1) is 12.9. The number of hydrogen-bond acceptors (Lipinski definition) is 3. The fraction of sp³-hybridized carbons (Fsp3) is 0.929. The van der Waals surface area contributed by atoms with Crippen LogP contribution in [0.25, 0.3) is 0 Å². The van der Waals surface area contributed by atoms with Crippen molar-refractivity contribution in [3.63, 3.8) is 0 Å². The van der Waals surface area contributed by atoms with E-state index in [1.165, 1.54) is 6.42 Å². The summed E-state index contributed by atoms with van der Waals surface area (Å²) in [5, 5.41) is 20.7. The molecular formula is C14H23NO2. The zero-order valence-electron chi connectivity index (χ0n) is 10.9. The van der Waals surface area contributed by atoms with E-state index in [2.05, 4.69) is 19.9 Å². The highest BCUT2D eigenvalue weighted by Crippen LogP contribution is 2.51. The van der Waals surface area contributed by atoms with Crippen LogP contribution >= 0.6 is 0 Å². The minimum absolute atomic E-state index is 0.219. The van der Waals surface area contributed by atoms with Crippen LogP contribution in [0.3, 0.4) is 0 Å². The van der Waals surface area contributed by atoms with Gasteiger partial charge < -0.3 is 9.84 Å². The summed E-state index contributed by atoms with van der Waals surface area (Å²) in [6.45, 7) is 5.50. The molecule has 3 heteroatoms. The third-order valence-electron chi connectivity index (χ3n) is 4.96. The zero-order valence-corrected chi connectivity index (χ0v) is 10.9. The Bertz CT molecular complexity index is 317. The lowest BCUT2D eigenvalue weighted by atomic mass is 9.56. The van der Waals surface area contributed by atoms with E-state index < -0.39 is 11.0 Å². The van der Waals surface area contributed by atoms with E-state index in [0.29, 0.717) is 32.0 Å². The van der Waals surface area contributed by atoms with Crippen molar-refractivity contribution in [2.24, 2.45) is 17.3 Å². The molecule has 17 heavy (non-hydrogen) atoms. The van der Waals surface area contributed by atoms with Gasteiger partial charge in [0.15, 0.2) is 0 Å². The Morgan fingerprint density at radius 2 is 1.88 bits per heavy atom. The molecular weight excluding hydrogens is 214 g/mol. The number of hydrogen-bond donors (Lipinski definition) is 1. The molecule has 0 radical (unpaired) electrons. The van der Waals surface area contributed by atoms with Gasteiger partial charge in [-0.15, -0.1) is 0 Å². The third kappa shape index (κ3) is 1.98. The van der Waals surface area contributed by atoms with Crippen molar-refractivity contribution in [2.75, 3.05) is 13.2 Å². The molecule has 2 rings (SSSR count). The van der Waals surface area contributed by atoms with Crippen molar-refractivity contribution >= 4 is 0 Å². The molecule has 0 spiro atoms. The molecule has 1 saturated heterocycles. The van der Waals surface area contributed by atoms with Gasteiger partial charge in [0.05, 0.1) is 17.1 Å². The highest BCUT2D eigenvalue weighted by Gasteiger charge is 2.55. The molecule has 2 fully saturated rings. The monoisotopic (exact) mass is 237 g/mol. The highest BCUT2D eigenvalue weighted by atomic mass is 16.5.